The van der Waals surface area contributed by atoms with Crippen LogP contribution in [0, 0.1) is 0 Å². The molecule has 0 bridgehead atoms. The van der Waals surface area contributed by atoms with Crippen molar-refractivity contribution in [3.05, 3.63) is 35.9 Å². The van der Waals surface area contributed by atoms with Crippen molar-refractivity contribution in [1.82, 2.24) is 21.3 Å². The first-order valence-electron chi connectivity index (χ1n) is 10.9. The smallest absolute Gasteiger partial charge is 0.230 e. The lowest BCUT2D eigenvalue weighted by atomic mass is 9.95. The number of benzene rings is 1. The summed E-state index contributed by atoms with van der Waals surface area (Å²) < 4.78 is 0. The lowest BCUT2D eigenvalue weighted by Gasteiger charge is -2.31. The maximum Gasteiger partial charge on any atom is 0.230 e. The summed E-state index contributed by atoms with van der Waals surface area (Å²) in [5, 5.41) is 12.1. The van der Waals surface area contributed by atoms with Crippen LogP contribution in [-0.2, 0) is 20.8 Å². The predicted molar refractivity (Wildman–Crippen MR) is 119 cm³/mol. The Morgan fingerprint density at radius 2 is 1.83 bits per heavy atom. The molecule has 1 aliphatic heterocycles. The maximum atomic E-state index is 12.2. The molecular weight excluding hydrogens is 400 g/mol. The number of carbonyl (C=O) groups excluding carboxylic acids is 3. The Kier molecular flexibility index (Phi) is 9.01. The minimum atomic E-state index is -0.356. The van der Waals surface area contributed by atoms with E-state index in [1.807, 2.05) is 30.3 Å². The zero-order valence-electron chi connectivity index (χ0n) is 17.3. The molecule has 164 valence electrons. The Morgan fingerprint density at radius 3 is 2.60 bits per heavy atom. The maximum absolute atomic E-state index is 12.2. The highest BCUT2D eigenvalue weighted by Gasteiger charge is 2.28. The Hall–Kier alpha value is -2.06. The molecular formula is C22H32N4O3S. The molecule has 1 saturated heterocycles. The van der Waals surface area contributed by atoms with E-state index in [4.69, 9.17) is 0 Å². The van der Waals surface area contributed by atoms with E-state index in [1.165, 1.54) is 36.6 Å². The highest BCUT2D eigenvalue weighted by atomic mass is 32.2. The average molecular weight is 433 g/mol. The van der Waals surface area contributed by atoms with Crippen molar-refractivity contribution < 1.29 is 14.4 Å². The zero-order valence-corrected chi connectivity index (χ0v) is 18.1. The third-order valence-corrected chi connectivity index (χ3v) is 6.49. The molecule has 0 spiro atoms. The van der Waals surface area contributed by atoms with Gasteiger partial charge in [0.15, 0.2) is 0 Å². The van der Waals surface area contributed by atoms with Crippen LogP contribution in [0.25, 0.3) is 0 Å². The first-order valence-corrected chi connectivity index (χ1v) is 11.9. The highest BCUT2D eigenvalue weighted by Crippen LogP contribution is 2.18. The fourth-order valence-corrected chi connectivity index (χ4v) is 4.83. The summed E-state index contributed by atoms with van der Waals surface area (Å²) in [4.78, 5) is 36.5. The molecule has 1 saturated carbocycles. The molecule has 2 atom stereocenters. The summed E-state index contributed by atoms with van der Waals surface area (Å²) in [5.41, 5.74) is 0.821. The molecule has 1 aromatic rings. The van der Waals surface area contributed by atoms with Crippen molar-refractivity contribution >= 4 is 29.5 Å². The summed E-state index contributed by atoms with van der Waals surface area (Å²) in [5.74, 6) is 0.117. The molecule has 0 aromatic heterocycles. The highest BCUT2D eigenvalue weighted by molar-refractivity contribution is 8.00. The summed E-state index contributed by atoms with van der Waals surface area (Å²) in [6.45, 7) is 0.571. The van der Waals surface area contributed by atoms with Crippen LogP contribution in [-0.4, -0.2) is 47.6 Å². The fourth-order valence-electron chi connectivity index (χ4n) is 3.93. The topological polar surface area (TPSA) is 99.3 Å². The van der Waals surface area contributed by atoms with Gasteiger partial charge in [-0.2, -0.15) is 0 Å². The normalized spacial score (nSPS) is 22.2. The van der Waals surface area contributed by atoms with Crippen molar-refractivity contribution in [2.45, 2.75) is 68.9 Å². The van der Waals surface area contributed by atoms with Gasteiger partial charge in [0.1, 0.15) is 5.50 Å². The molecule has 4 N–H and O–H groups in total. The Balaban J connectivity index is 1.35. The molecule has 1 aliphatic carbocycles. The van der Waals surface area contributed by atoms with Gasteiger partial charge in [0.05, 0.1) is 5.75 Å². The average Bonchev–Trinajstić information content (AvgIpc) is 2.73. The van der Waals surface area contributed by atoms with Gasteiger partial charge in [-0.3, -0.25) is 19.7 Å². The second-order valence-electron chi connectivity index (χ2n) is 8.02. The zero-order chi connectivity index (χ0) is 21.2. The van der Waals surface area contributed by atoms with Gasteiger partial charge in [0, 0.05) is 31.5 Å². The molecule has 1 aromatic carbocycles. The van der Waals surface area contributed by atoms with Crippen molar-refractivity contribution in [3.8, 4) is 0 Å². The lowest BCUT2D eigenvalue weighted by molar-refractivity contribution is -0.125. The monoisotopic (exact) mass is 432 g/mol. The van der Waals surface area contributed by atoms with Crippen LogP contribution in [0.3, 0.4) is 0 Å². The molecule has 3 rings (SSSR count). The molecule has 1 heterocycles. The molecule has 3 amide bonds. The Morgan fingerprint density at radius 1 is 1.07 bits per heavy atom. The van der Waals surface area contributed by atoms with E-state index in [1.54, 1.807) is 0 Å². The number of hydrogen-bond acceptors (Lipinski definition) is 5. The van der Waals surface area contributed by atoms with E-state index in [0.29, 0.717) is 6.54 Å². The Labute approximate surface area is 182 Å². The van der Waals surface area contributed by atoms with Gasteiger partial charge in [-0.1, -0.05) is 49.6 Å². The number of amides is 3. The Bertz CT molecular complexity index is 710. The van der Waals surface area contributed by atoms with Gasteiger partial charge in [-0.05, 0) is 24.8 Å². The van der Waals surface area contributed by atoms with Gasteiger partial charge in [0.25, 0.3) is 0 Å². The SMILES string of the molecule is O=C(CC1CC(=O)NC(SCC(=O)NC2CCCCC2)N1)NCCc1ccccc1. The first-order chi connectivity index (χ1) is 14.6. The second kappa shape index (κ2) is 12.0. The fraction of sp³-hybridized carbons (Fsp3) is 0.591. The van der Waals surface area contributed by atoms with E-state index in [-0.39, 0.29) is 53.9 Å². The van der Waals surface area contributed by atoms with Crippen LogP contribution in [0.1, 0.15) is 50.5 Å². The van der Waals surface area contributed by atoms with Gasteiger partial charge >= 0.3 is 0 Å². The van der Waals surface area contributed by atoms with E-state index in [9.17, 15) is 14.4 Å². The summed E-state index contributed by atoms with van der Waals surface area (Å²) in [7, 11) is 0. The van der Waals surface area contributed by atoms with Crippen LogP contribution < -0.4 is 21.3 Å². The molecule has 30 heavy (non-hydrogen) atoms. The molecule has 2 fully saturated rings. The minimum absolute atomic E-state index is 0.00345. The number of rotatable bonds is 9. The number of nitrogens with one attached hydrogen (secondary N) is 4. The standard InChI is InChI=1S/C22H32N4O3S/c27-19(23-12-11-16-7-3-1-4-8-16)13-18-14-20(28)26-22(25-18)30-15-21(29)24-17-9-5-2-6-10-17/h1,3-4,7-8,17-18,22,25H,2,5-6,9-15H2,(H,23,27)(H,24,29)(H,26,28). The lowest BCUT2D eigenvalue weighted by Crippen LogP contribution is -2.56. The number of thioether (sulfide) groups is 1. The van der Waals surface area contributed by atoms with Crippen LogP contribution in [0.4, 0.5) is 0 Å². The van der Waals surface area contributed by atoms with Gasteiger partial charge in [-0.15, -0.1) is 11.8 Å². The summed E-state index contributed by atoms with van der Waals surface area (Å²) >= 11 is 1.36. The van der Waals surface area contributed by atoms with Crippen molar-refractivity contribution in [2.24, 2.45) is 0 Å². The predicted octanol–water partition coefficient (Wildman–Crippen LogP) is 1.68. The third kappa shape index (κ3) is 7.99. The van der Waals surface area contributed by atoms with Crippen LogP contribution in [0.5, 0.6) is 0 Å². The second-order valence-corrected chi connectivity index (χ2v) is 9.11. The van der Waals surface area contributed by atoms with Gasteiger partial charge < -0.3 is 16.0 Å². The third-order valence-electron chi connectivity index (χ3n) is 5.47. The summed E-state index contributed by atoms with van der Waals surface area (Å²) in [6, 6.07) is 10.1. The quantitative estimate of drug-likeness (QED) is 0.476. The molecule has 2 aliphatic rings. The number of carbonyl (C=O) groups is 3. The van der Waals surface area contributed by atoms with Gasteiger partial charge in [0.2, 0.25) is 17.7 Å². The molecule has 8 heteroatoms. The molecule has 7 nitrogen and oxygen atoms in total. The van der Waals surface area contributed by atoms with Gasteiger partial charge in [-0.25, -0.2) is 0 Å². The van der Waals surface area contributed by atoms with Crippen molar-refractivity contribution in [2.75, 3.05) is 12.3 Å². The van der Waals surface area contributed by atoms with E-state index < -0.39 is 0 Å². The van der Waals surface area contributed by atoms with E-state index >= 15 is 0 Å². The summed E-state index contributed by atoms with van der Waals surface area (Å²) in [6.07, 6.45) is 6.98. The largest absolute Gasteiger partial charge is 0.356 e. The van der Waals surface area contributed by atoms with E-state index in [2.05, 4.69) is 21.3 Å². The van der Waals surface area contributed by atoms with Crippen LogP contribution in [0.2, 0.25) is 0 Å². The molecule has 2 unspecified atom stereocenters. The van der Waals surface area contributed by atoms with E-state index in [0.717, 1.165) is 19.3 Å². The molecule has 0 radical (unpaired) electrons. The number of hydrogen-bond donors (Lipinski definition) is 4. The van der Waals surface area contributed by atoms with Crippen LogP contribution in [0.15, 0.2) is 30.3 Å². The van der Waals surface area contributed by atoms with Crippen molar-refractivity contribution in [1.29, 1.82) is 0 Å². The van der Waals surface area contributed by atoms with Crippen molar-refractivity contribution in [3.63, 3.8) is 0 Å². The first kappa shape index (κ1) is 22.6. The minimum Gasteiger partial charge on any atom is -0.356 e. The van der Waals surface area contributed by atoms with Crippen LogP contribution >= 0.6 is 11.8 Å².